The van der Waals surface area contributed by atoms with E-state index in [0.717, 1.165) is 22.6 Å². The number of aryl methyl sites for hydroxylation is 1. The van der Waals surface area contributed by atoms with E-state index >= 15 is 0 Å². The summed E-state index contributed by atoms with van der Waals surface area (Å²) < 4.78 is 3.19. The van der Waals surface area contributed by atoms with Gasteiger partial charge >= 0.3 is 0 Å². The van der Waals surface area contributed by atoms with E-state index in [4.69, 9.17) is 0 Å². The summed E-state index contributed by atoms with van der Waals surface area (Å²) in [5.41, 5.74) is 4.16. The molecule has 2 aromatic heterocycles. The van der Waals surface area contributed by atoms with Gasteiger partial charge in [-0.1, -0.05) is 30.3 Å². The average Bonchev–Trinajstić information content (AvgIpc) is 3.03. The van der Waals surface area contributed by atoms with Gasteiger partial charge in [0.05, 0.1) is 28.6 Å². The number of carbonyl (C=O) groups excluding carboxylic acids is 1. The van der Waals surface area contributed by atoms with Crippen LogP contribution in [0, 0.1) is 13.8 Å². The molecule has 0 fully saturated rings. The Morgan fingerprint density at radius 1 is 1.03 bits per heavy atom. The highest BCUT2D eigenvalue weighted by atomic mass is 16.2. The van der Waals surface area contributed by atoms with Crippen LogP contribution >= 0.6 is 0 Å². The normalized spacial score (nSPS) is 11.0. The van der Waals surface area contributed by atoms with Gasteiger partial charge in [-0.3, -0.25) is 14.2 Å². The Kier molecular flexibility index (Phi) is 4.95. The van der Waals surface area contributed by atoms with Crippen molar-refractivity contribution in [2.45, 2.75) is 26.9 Å². The third-order valence-corrected chi connectivity index (χ3v) is 4.95. The summed E-state index contributed by atoms with van der Waals surface area (Å²) in [5, 5.41) is 7.98. The van der Waals surface area contributed by atoms with Gasteiger partial charge in [-0.05, 0) is 38.1 Å². The smallest absolute Gasteiger partial charge is 0.261 e. The van der Waals surface area contributed by atoms with E-state index in [2.05, 4.69) is 15.4 Å². The van der Waals surface area contributed by atoms with Gasteiger partial charge in [-0.25, -0.2) is 9.67 Å². The Morgan fingerprint density at radius 3 is 2.55 bits per heavy atom. The van der Waals surface area contributed by atoms with Crippen LogP contribution in [0.2, 0.25) is 0 Å². The molecule has 1 N–H and O–H groups in total. The highest BCUT2D eigenvalue weighted by molar-refractivity contribution is 5.78. The molecule has 0 spiro atoms. The van der Waals surface area contributed by atoms with Crippen LogP contribution in [0.3, 0.4) is 0 Å². The molecule has 0 aliphatic rings. The lowest BCUT2D eigenvalue weighted by Gasteiger charge is -2.09. The van der Waals surface area contributed by atoms with Crippen molar-refractivity contribution < 1.29 is 4.79 Å². The van der Waals surface area contributed by atoms with Crippen molar-refractivity contribution in [2.24, 2.45) is 0 Å². The number of benzene rings is 2. The summed E-state index contributed by atoms with van der Waals surface area (Å²) >= 11 is 0. The summed E-state index contributed by atoms with van der Waals surface area (Å²) in [6, 6.07) is 17.0. The Labute approximate surface area is 167 Å². The van der Waals surface area contributed by atoms with Gasteiger partial charge in [-0.2, -0.15) is 5.10 Å². The maximum absolute atomic E-state index is 12.5. The van der Waals surface area contributed by atoms with E-state index in [1.165, 1.54) is 10.9 Å². The van der Waals surface area contributed by atoms with Crippen molar-refractivity contribution in [3.63, 3.8) is 0 Å². The molecule has 4 aromatic rings. The molecule has 0 radical (unpaired) electrons. The van der Waals surface area contributed by atoms with Crippen molar-refractivity contribution in [3.8, 4) is 5.69 Å². The molecule has 2 heterocycles. The van der Waals surface area contributed by atoms with Crippen molar-refractivity contribution in [1.82, 2.24) is 24.6 Å². The zero-order chi connectivity index (χ0) is 20.4. The highest BCUT2D eigenvalue weighted by Gasteiger charge is 2.14. The van der Waals surface area contributed by atoms with Gasteiger partial charge < -0.3 is 5.32 Å². The largest absolute Gasteiger partial charge is 0.350 e. The van der Waals surface area contributed by atoms with E-state index < -0.39 is 0 Å². The molecular weight excluding hydrogens is 366 g/mol. The molecule has 0 unspecified atom stereocenters. The average molecular weight is 387 g/mol. The minimum absolute atomic E-state index is 0.0818. The first-order valence-electron chi connectivity index (χ1n) is 9.36. The van der Waals surface area contributed by atoms with Crippen LogP contribution in [-0.2, 0) is 17.9 Å². The molecule has 0 aliphatic heterocycles. The first-order valence-corrected chi connectivity index (χ1v) is 9.36. The van der Waals surface area contributed by atoms with Crippen molar-refractivity contribution in [2.75, 3.05) is 0 Å². The van der Waals surface area contributed by atoms with Gasteiger partial charge in [0.15, 0.2) is 0 Å². The highest BCUT2D eigenvalue weighted by Crippen LogP contribution is 2.17. The number of amides is 1. The van der Waals surface area contributed by atoms with Crippen LogP contribution in [0.15, 0.2) is 65.7 Å². The molecule has 0 atom stereocenters. The third kappa shape index (κ3) is 3.67. The van der Waals surface area contributed by atoms with E-state index in [9.17, 15) is 9.59 Å². The topological polar surface area (TPSA) is 81.8 Å². The van der Waals surface area contributed by atoms with Gasteiger partial charge in [0, 0.05) is 17.8 Å². The summed E-state index contributed by atoms with van der Waals surface area (Å²) in [6.07, 6.45) is 1.41. The molecule has 146 valence electrons. The van der Waals surface area contributed by atoms with Crippen LogP contribution in [0.5, 0.6) is 0 Å². The summed E-state index contributed by atoms with van der Waals surface area (Å²) in [5.74, 6) is -0.254. The Balaban J connectivity index is 1.49. The standard InChI is InChI=1S/C22H21N5O2/c1-15-19(16(2)27(25-15)17-8-4-3-5-9-17)12-23-21(28)13-26-14-24-20-11-7-6-10-18(20)22(26)29/h3-11,14H,12-13H2,1-2H3,(H,23,28). The van der Waals surface area contributed by atoms with E-state index in [1.54, 1.807) is 18.2 Å². The molecule has 0 saturated heterocycles. The number of nitrogens with one attached hydrogen (secondary N) is 1. The molecule has 1 amide bonds. The quantitative estimate of drug-likeness (QED) is 0.570. The fourth-order valence-corrected chi connectivity index (χ4v) is 3.37. The lowest BCUT2D eigenvalue weighted by molar-refractivity contribution is -0.121. The van der Waals surface area contributed by atoms with Gasteiger partial charge in [0.2, 0.25) is 5.91 Å². The Morgan fingerprint density at radius 2 is 1.76 bits per heavy atom. The maximum atomic E-state index is 12.5. The number of carbonyl (C=O) groups is 1. The second-order valence-corrected chi connectivity index (χ2v) is 6.87. The number of aromatic nitrogens is 4. The second kappa shape index (κ2) is 7.71. The van der Waals surface area contributed by atoms with Gasteiger partial charge in [0.25, 0.3) is 5.56 Å². The number of hydrogen-bond acceptors (Lipinski definition) is 4. The number of rotatable bonds is 5. The number of para-hydroxylation sites is 2. The lowest BCUT2D eigenvalue weighted by Crippen LogP contribution is -2.32. The first kappa shape index (κ1) is 18.6. The summed E-state index contributed by atoms with van der Waals surface area (Å²) in [7, 11) is 0. The molecule has 2 aromatic carbocycles. The zero-order valence-corrected chi connectivity index (χ0v) is 16.3. The fourth-order valence-electron chi connectivity index (χ4n) is 3.37. The van der Waals surface area contributed by atoms with Crippen LogP contribution in [-0.4, -0.2) is 25.2 Å². The lowest BCUT2D eigenvalue weighted by atomic mass is 10.2. The monoisotopic (exact) mass is 387 g/mol. The molecule has 4 rings (SSSR count). The number of fused-ring (bicyclic) bond motifs is 1. The van der Waals surface area contributed by atoms with Crippen LogP contribution in [0.25, 0.3) is 16.6 Å². The van der Waals surface area contributed by atoms with Crippen LogP contribution in [0.4, 0.5) is 0 Å². The second-order valence-electron chi connectivity index (χ2n) is 6.87. The van der Waals surface area contributed by atoms with Crippen molar-refractivity contribution in [1.29, 1.82) is 0 Å². The minimum atomic E-state index is -0.254. The molecule has 0 aliphatic carbocycles. The Bertz CT molecular complexity index is 1240. The maximum Gasteiger partial charge on any atom is 0.261 e. The molecule has 0 saturated carbocycles. The zero-order valence-electron chi connectivity index (χ0n) is 16.3. The molecule has 7 heteroatoms. The first-order chi connectivity index (χ1) is 14.0. The SMILES string of the molecule is Cc1nn(-c2ccccc2)c(C)c1CNC(=O)Cn1cnc2ccccc2c1=O. The fraction of sp³-hybridized carbons (Fsp3) is 0.182. The van der Waals surface area contributed by atoms with Gasteiger partial charge in [-0.15, -0.1) is 0 Å². The molecular formula is C22H21N5O2. The van der Waals surface area contributed by atoms with Crippen molar-refractivity contribution >= 4 is 16.8 Å². The minimum Gasteiger partial charge on any atom is -0.350 e. The predicted octanol–water partition coefficient (Wildman–Crippen LogP) is 2.52. The molecule has 0 bridgehead atoms. The van der Waals surface area contributed by atoms with E-state index in [-0.39, 0.29) is 18.0 Å². The van der Waals surface area contributed by atoms with E-state index in [0.29, 0.717) is 17.4 Å². The van der Waals surface area contributed by atoms with Crippen LogP contribution in [0.1, 0.15) is 17.0 Å². The summed E-state index contributed by atoms with van der Waals surface area (Å²) in [4.78, 5) is 29.2. The third-order valence-electron chi connectivity index (χ3n) is 4.95. The van der Waals surface area contributed by atoms with E-state index in [1.807, 2.05) is 54.9 Å². The van der Waals surface area contributed by atoms with Gasteiger partial charge in [0.1, 0.15) is 6.54 Å². The predicted molar refractivity (Wildman–Crippen MR) is 111 cm³/mol. The molecule has 7 nitrogen and oxygen atoms in total. The number of nitrogens with zero attached hydrogens (tertiary/aromatic N) is 4. The Hall–Kier alpha value is -3.74. The number of hydrogen-bond donors (Lipinski definition) is 1. The summed E-state index contributed by atoms with van der Waals surface area (Å²) in [6.45, 7) is 4.17. The van der Waals surface area contributed by atoms with Crippen LogP contribution < -0.4 is 10.9 Å². The van der Waals surface area contributed by atoms with Crippen molar-refractivity contribution in [3.05, 3.63) is 88.2 Å². The molecule has 29 heavy (non-hydrogen) atoms.